The number of carboxylic acids is 1. The van der Waals surface area contributed by atoms with Crippen molar-refractivity contribution >= 4 is 35.0 Å². The molecule has 4 nitrogen and oxygen atoms in total. The predicted molar refractivity (Wildman–Crippen MR) is 98.4 cm³/mol. The maximum Gasteiger partial charge on any atom is 0.339 e. The molecule has 0 fully saturated rings. The van der Waals surface area contributed by atoms with Gasteiger partial charge in [0.25, 0.3) is 0 Å². The van der Waals surface area contributed by atoms with E-state index in [0.717, 1.165) is 0 Å². The van der Waals surface area contributed by atoms with Gasteiger partial charge in [-0.3, -0.25) is 4.79 Å². The lowest BCUT2D eigenvalue weighted by Crippen LogP contribution is -2.17. The molecule has 0 aliphatic carbocycles. The van der Waals surface area contributed by atoms with Gasteiger partial charge in [0.1, 0.15) is 11.3 Å². The van der Waals surface area contributed by atoms with Gasteiger partial charge in [-0.15, -0.1) is 0 Å². The minimum absolute atomic E-state index is 0.203. The number of carbonyl (C=O) groups excluding carboxylic acids is 1. The smallest absolute Gasteiger partial charge is 0.339 e. The van der Waals surface area contributed by atoms with Gasteiger partial charge in [0.2, 0.25) is 0 Å². The number of carbonyl (C=O) groups is 2. The summed E-state index contributed by atoms with van der Waals surface area (Å²) in [4.78, 5) is 24.5. The lowest BCUT2D eigenvalue weighted by atomic mass is 9.81. The highest BCUT2D eigenvalue weighted by molar-refractivity contribution is 6.42. The molecule has 0 spiro atoms. The normalized spacial score (nSPS) is 11.4. The monoisotopic (exact) mass is 380 g/mol. The van der Waals surface area contributed by atoms with Crippen LogP contribution < -0.4 is 0 Å². The quantitative estimate of drug-likeness (QED) is 0.714. The van der Waals surface area contributed by atoms with Crippen molar-refractivity contribution < 1.29 is 19.8 Å². The molecule has 0 aliphatic rings. The van der Waals surface area contributed by atoms with Crippen LogP contribution in [0.1, 0.15) is 58.2 Å². The van der Waals surface area contributed by atoms with Gasteiger partial charge in [-0.1, -0.05) is 44.0 Å². The van der Waals surface area contributed by atoms with Crippen molar-refractivity contribution in [3.8, 4) is 5.75 Å². The Bertz CT molecular complexity index is 880. The zero-order valence-electron chi connectivity index (χ0n) is 14.3. The molecule has 0 radical (unpaired) electrons. The van der Waals surface area contributed by atoms with Crippen LogP contribution in [0.2, 0.25) is 10.0 Å². The fourth-order valence-corrected chi connectivity index (χ4v) is 2.93. The van der Waals surface area contributed by atoms with Gasteiger partial charge >= 0.3 is 5.97 Å². The summed E-state index contributed by atoms with van der Waals surface area (Å²) < 4.78 is 0. The van der Waals surface area contributed by atoms with Crippen LogP contribution in [0.5, 0.6) is 5.75 Å². The number of benzene rings is 2. The Balaban J connectivity index is 2.76. The zero-order chi connectivity index (χ0) is 19.1. The molecular weight excluding hydrogens is 363 g/mol. The second-order valence-electron chi connectivity index (χ2n) is 6.83. The lowest BCUT2D eigenvalue weighted by molar-refractivity contribution is 0.0692. The number of rotatable bonds is 3. The van der Waals surface area contributed by atoms with Crippen LogP contribution in [0, 0.1) is 6.92 Å². The van der Waals surface area contributed by atoms with E-state index in [-0.39, 0.29) is 33.2 Å². The first kappa shape index (κ1) is 19.3. The van der Waals surface area contributed by atoms with Gasteiger partial charge in [0.15, 0.2) is 5.78 Å². The SMILES string of the molecule is Cc1c(C(=O)c2ccc(Cl)c(Cl)c2)cc(C(C)(C)C)c(O)c1C(=O)O. The van der Waals surface area contributed by atoms with Gasteiger partial charge in [-0.2, -0.15) is 0 Å². The molecule has 0 atom stereocenters. The van der Waals surface area contributed by atoms with E-state index >= 15 is 0 Å². The van der Waals surface area contributed by atoms with E-state index in [1.54, 1.807) is 6.07 Å². The summed E-state index contributed by atoms with van der Waals surface area (Å²) in [5.41, 5.74) is 0.274. The molecule has 2 aromatic rings. The Hall–Kier alpha value is -2.04. The molecule has 2 N–H and O–H groups in total. The molecule has 0 heterocycles. The van der Waals surface area contributed by atoms with Gasteiger partial charge in [-0.05, 0) is 42.2 Å². The minimum atomic E-state index is -1.29. The molecule has 0 aliphatic heterocycles. The first-order valence-corrected chi connectivity index (χ1v) is 8.30. The van der Waals surface area contributed by atoms with Gasteiger partial charge < -0.3 is 10.2 Å². The Morgan fingerprint density at radius 3 is 2.12 bits per heavy atom. The summed E-state index contributed by atoms with van der Waals surface area (Å²) in [6, 6.07) is 6.02. The molecule has 0 bridgehead atoms. The second-order valence-corrected chi connectivity index (χ2v) is 7.65. The van der Waals surface area contributed by atoms with Crippen molar-refractivity contribution in [2.24, 2.45) is 0 Å². The number of halogens is 2. The van der Waals surface area contributed by atoms with Crippen LogP contribution in [0.3, 0.4) is 0 Å². The Kier molecular flexibility index (Phi) is 5.17. The molecular formula is C19H18Cl2O4. The fourth-order valence-electron chi connectivity index (χ4n) is 2.63. The predicted octanol–water partition coefficient (Wildman–Crippen LogP) is 5.23. The average Bonchev–Trinajstić information content (AvgIpc) is 2.48. The van der Waals surface area contributed by atoms with Gasteiger partial charge in [-0.25, -0.2) is 4.79 Å². The number of aromatic hydroxyl groups is 1. The minimum Gasteiger partial charge on any atom is -0.507 e. The molecule has 0 saturated heterocycles. The van der Waals surface area contributed by atoms with Gasteiger partial charge in [0.05, 0.1) is 10.0 Å². The molecule has 0 aromatic heterocycles. The van der Waals surface area contributed by atoms with Crippen LogP contribution in [-0.4, -0.2) is 22.0 Å². The van der Waals surface area contributed by atoms with Crippen LogP contribution in [-0.2, 0) is 5.41 Å². The standard InChI is InChI=1S/C19H18Cl2O4/c1-9-11(16(22)10-5-6-13(20)14(21)7-10)8-12(19(2,3)4)17(23)15(9)18(24)25/h5-8,23H,1-4H3,(H,24,25). The summed E-state index contributed by atoms with van der Waals surface area (Å²) in [6.45, 7) is 6.99. The summed E-state index contributed by atoms with van der Waals surface area (Å²) in [6.07, 6.45) is 0. The second kappa shape index (κ2) is 6.70. The largest absolute Gasteiger partial charge is 0.507 e. The van der Waals surface area contributed by atoms with Crippen molar-refractivity contribution in [2.75, 3.05) is 0 Å². The van der Waals surface area contributed by atoms with E-state index in [1.807, 2.05) is 20.8 Å². The van der Waals surface area contributed by atoms with E-state index in [2.05, 4.69) is 0 Å². The van der Waals surface area contributed by atoms with Crippen molar-refractivity contribution in [1.29, 1.82) is 0 Å². The third-order valence-corrected chi connectivity index (χ3v) is 4.75. The third-order valence-electron chi connectivity index (χ3n) is 4.01. The van der Waals surface area contributed by atoms with Crippen LogP contribution in [0.25, 0.3) is 0 Å². The van der Waals surface area contributed by atoms with E-state index in [4.69, 9.17) is 23.2 Å². The molecule has 0 amide bonds. The van der Waals surface area contributed by atoms with Crippen LogP contribution in [0.15, 0.2) is 24.3 Å². The van der Waals surface area contributed by atoms with Crippen LogP contribution in [0.4, 0.5) is 0 Å². The molecule has 132 valence electrons. The Morgan fingerprint density at radius 2 is 1.64 bits per heavy atom. The molecule has 2 rings (SSSR count). The highest BCUT2D eigenvalue weighted by Crippen LogP contribution is 2.37. The topological polar surface area (TPSA) is 74.6 Å². The number of phenols is 1. The van der Waals surface area contributed by atoms with Crippen molar-refractivity contribution in [2.45, 2.75) is 33.1 Å². The summed E-state index contributed by atoms with van der Waals surface area (Å²) >= 11 is 11.9. The molecule has 6 heteroatoms. The van der Waals surface area contributed by atoms with Crippen molar-refractivity contribution in [1.82, 2.24) is 0 Å². The summed E-state index contributed by atoms with van der Waals surface area (Å²) in [5, 5.41) is 20.4. The van der Waals surface area contributed by atoms with E-state index < -0.39 is 11.4 Å². The van der Waals surface area contributed by atoms with Crippen LogP contribution >= 0.6 is 23.2 Å². The fraction of sp³-hybridized carbons (Fsp3) is 0.263. The Labute approximate surface area is 156 Å². The number of hydrogen-bond donors (Lipinski definition) is 2. The highest BCUT2D eigenvalue weighted by atomic mass is 35.5. The number of aromatic carboxylic acids is 1. The summed E-state index contributed by atoms with van der Waals surface area (Å²) in [7, 11) is 0. The van der Waals surface area contributed by atoms with E-state index in [0.29, 0.717) is 16.1 Å². The molecule has 25 heavy (non-hydrogen) atoms. The number of ketones is 1. The number of hydrogen-bond acceptors (Lipinski definition) is 3. The zero-order valence-corrected chi connectivity index (χ0v) is 15.8. The lowest BCUT2D eigenvalue weighted by Gasteiger charge is -2.24. The van der Waals surface area contributed by atoms with Crippen molar-refractivity contribution in [3.63, 3.8) is 0 Å². The Morgan fingerprint density at radius 1 is 1.04 bits per heavy atom. The van der Waals surface area contributed by atoms with E-state index in [9.17, 15) is 19.8 Å². The van der Waals surface area contributed by atoms with Crippen molar-refractivity contribution in [3.05, 3.63) is 62.1 Å². The number of carboxylic acid groups (broad SMARTS) is 1. The molecule has 0 saturated carbocycles. The first-order valence-electron chi connectivity index (χ1n) is 7.55. The molecule has 2 aromatic carbocycles. The third kappa shape index (κ3) is 3.65. The highest BCUT2D eigenvalue weighted by Gasteiger charge is 2.28. The maximum absolute atomic E-state index is 12.9. The molecule has 0 unspecified atom stereocenters. The summed E-state index contributed by atoms with van der Waals surface area (Å²) in [5.74, 6) is -1.99. The maximum atomic E-state index is 12.9. The van der Waals surface area contributed by atoms with Gasteiger partial charge in [0, 0.05) is 16.7 Å². The first-order chi connectivity index (χ1) is 11.4. The van der Waals surface area contributed by atoms with E-state index in [1.165, 1.54) is 25.1 Å². The average molecular weight is 381 g/mol.